The number of rotatable bonds is 4. The molecule has 6 rings (SSSR count). The molecule has 3 nitrogen and oxygen atoms in total. The Kier molecular flexibility index (Phi) is 5.50. The smallest absolute Gasteiger partial charge is 0.233 e. The first kappa shape index (κ1) is 20.4. The van der Waals surface area contributed by atoms with Gasteiger partial charge in [-0.05, 0) is 73.4 Å². The van der Waals surface area contributed by atoms with Crippen LogP contribution in [0.25, 0.3) is 10.9 Å². The maximum atomic E-state index is 13.3. The highest BCUT2D eigenvalue weighted by molar-refractivity contribution is 8.00. The fourth-order valence-corrected chi connectivity index (χ4v) is 7.16. The van der Waals surface area contributed by atoms with Gasteiger partial charge in [0.1, 0.15) is 0 Å². The van der Waals surface area contributed by atoms with Crippen LogP contribution >= 0.6 is 11.8 Å². The van der Waals surface area contributed by atoms with E-state index in [9.17, 15) is 4.79 Å². The Hall–Kier alpha value is -2.20. The highest BCUT2D eigenvalue weighted by atomic mass is 32.2. The fourth-order valence-electron chi connectivity index (χ4n) is 6.36. The summed E-state index contributed by atoms with van der Waals surface area (Å²) in [4.78, 5) is 16.6. The minimum Gasteiger partial charge on any atom is -0.341 e. The predicted molar refractivity (Wildman–Crippen MR) is 132 cm³/mol. The number of fused-ring (bicyclic) bond motifs is 3. The van der Waals surface area contributed by atoms with Gasteiger partial charge in [0.15, 0.2) is 0 Å². The fraction of sp³-hybridized carbons (Fsp3) is 0.464. The van der Waals surface area contributed by atoms with Gasteiger partial charge in [0.05, 0.1) is 11.8 Å². The van der Waals surface area contributed by atoms with E-state index in [4.69, 9.17) is 0 Å². The van der Waals surface area contributed by atoms with E-state index in [1.807, 2.05) is 18.2 Å². The molecule has 1 saturated carbocycles. The minimum atomic E-state index is 0.252. The number of aryl methyl sites for hydroxylation is 1. The first-order valence-electron chi connectivity index (χ1n) is 12.4. The van der Waals surface area contributed by atoms with Crippen LogP contribution in [0.5, 0.6) is 0 Å². The van der Waals surface area contributed by atoms with Crippen molar-refractivity contribution >= 4 is 28.6 Å². The number of thioether (sulfide) groups is 1. The summed E-state index contributed by atoms with van der Waals surface area (Å²) in [5, 5.41) is 1.47. The molecule has 0 saturated heterocycles. The number of carbonyl (C=O) groups excluding carboxylic acids is 1. The first-order chi connectivity index (χ1) is 15.8. The molecule has 3 aromatic rings. The van der Waals surface area contributed by atoms with Crippen LogP contribution in [0.4, 0.5) is 0 Å². The average Bonchev–Trinajstić information content (AvgIpc) is 3.19. The molecule has 0 N–H and O–H groups in total. The molecule has 1 aliphatic heterocycles. The third kappa shape index (κ3) is 3.57. The molecule has 2 aliphatic carbocycles. The SMILES string of the molecule is O=C(CSc1ccccc1)N1CCn2c3c(c4cc(C5CCCCC5)ccc42)CCC[C@@H]31. The zero-order valence-corrected chi connectivity index (χ0v) is 19.6. The predicted octanol–water partition coefficient (Wildman–Crippen LogP) is 6.70. The van der Waals surface area contributed by atoms with E-state index in [0.717, 1.165) is 31.8 Å². The second kappa shape index (κ2) is 8.62. The van der Waals surface area contributed by atoms with Gasteiger partial charge in [-0.1, -0.05) is 43.5 Å². The van der Waals surface area contributed by atoms with Crippen molar-refractivity contribution in [1.82, 2.24) is 9.47 Å². The quantitative estimate of drug-likeness (QED) is 0.418. The molecule has 1 aromatic heterocycles. The number of aromatic nitrogens is 1. The van der Waals surface area contributed by atoms with E-state index in [1.165, 1.54) is 65.6 Å². The standard InChI is InChI=1S/C28H32N2OS/c31-27(19-32-22-10-5-2-6-11-22)29-16-17-30-25-15-14-21(20-8-3-1-4-9-20)18-24(25)23-12-7-13-26(29)28(23)30/h2,5-6,10-11,14-15,18,20,26H,1,3-4,7-9,12-13,16-17,19H2/t26-/m0/s1. The number of nitrogens with zero attached hydrogens (tertiary/aromatic N) is 2. The van der Waals surface area contributed by atoms with E-state index < -0.39 is 0 Å². The van der Waals surface area contributed by atoms with Crippen molar-refractivity contribution in [2.75, 3.05) is 12.3 Å². The Balaban J connectivity index is 1.30. The molecular weight excluding hydrogens is 412 g/mol. The molecule has 0 spiro atoms. The highest BCUT2D eigenvalue weighted by Gasteiger charge is 2.37. The molecular formula is C28H32N2OS. The number of carbonyl (C=O) groups is 1. The van der Waals surface area contributed by atoms with Crippen LogP contribution in [0, 0.1) is 0 Å². The molecule has 166 valence electrons. The van der Waals surface area contributed by atoms with E-state index >= 15 is 0 Å². The lowest BCUT2D eigenvalue weighted by Crippen LogP contribution is -2.44. The summed E-state index contributed by atoms with van der Waals surface area (Å²) >= 11 is 1.66. The summed E-state index contributed by atoms with van der Waals surface area (Å²) < 4.78 is 2.55. The Labute approximate surface area is 195 Å². The minimum absolute atomic E-state index is 0.252. The molecule has 1 fully saturated rings. The van der Waals surface area contributed by atoms with Crippen LogP contribution in [0.3, 0.4) is 0 Å². The van der Waals surface area contributed by atoms with Crippen LogP contribution < -0.4 is 0 Å². The highest BCUT2D eigenvalue weighted by Crippen LogP contribution is 2.44. The molecule has 0 radical (unpaired) electrons. The summed E-state index contributed by atoms with van der Waals surface area (Å²) in [5.41, 5.74) is 5.91. The van der Waals surface area contributed by atoms with Gasteiger partial charge in [-0.3, -0.25) is 4.79 Å². The first-order valence-corrected chi connectivity index (χ1v) is 13.4. The summed E-state index contributed by atoms with van der Waals surface area (Å²) in [7, 11) is 0. The van der Waals surface area contributed by atoms with E-state index in [2.05, 4.69) is 39.8 Å². The normalized spacial score (nSPS) is 21.0. The molecule has 0 unspecified atom stereocenters. The van der Waals surface area contributed by atoms with Crippen LogP contribution in [0.15, 0.2) is 53.4 Å². The lowest BCUT2D eigenvalue weighted by atomic mass is 9.83. The summed E-state index contributed by atoms with van der Waals surface area (Å²) in [6, 6.07) is 17.9. The third-order valence-corrected chi connectivity index (χ3v) is 8.90. The van der Waals surface area contributed by atoms with Gasteiger partial charge in [-0.15, -0.1) is 11.8 Å². The molecule has 0 bridgehead atoms. The van der Waals surface area contributed by atoms with Crippen LogP contribution in [-0.2, 0) is 17.8 Å². The largest absolute Gasteiger partial charge is 0.341 e. The van der Waals surface area contributed by atoms with Crippen molar-refractivity contribution in [1.29, 1.82) is 0 Å². The van der Waals surface area contributed by atoms with E-state index in [1.54, 1.807) is 17.3 Å². The monoisotopic (exact) mass is 444 g/mol. The number of hydrogen-bond donors (Lipinski definition) is 0. The number of benzene rings is 2. The zero-order valence-electron chi connectivity index (χ0n) is 18.8. The zero-order chi connectivity index (χ0) is 21.5. The molecule has 2 heterocycles. The molecule has 1 atom stereocenters. The Morgan fingerprint density at radius 1 is 0.938 bits per heavy atom. The van der Waals surface area contributed by atoms with Crippen molar-refractivity contribution in [2.24, 2.45) is 0 Å². The van der Waals surface area contributed by atoms with Crippen molar-refractivity contribution in [3.8, 4) is 0 Å². The molecule has 32 heavy (non-hydrogen) atoms. The topological polar surface area (TPSA) is 25.2 Å². The summed E-state index contributed by atoms with van der Waals surface area (Å²) in [6.45, 7) is 1.76. The maximum Gasteiger partial charge on any atom is 0.233 e. The van der Waals surface area contributed by atoms with Gasteiger partial charge < -0.3 is 9.47 Å². The molecule has 1 amide bonds. The van der Waals surface area contributed by atoms with Gasteiger partial charge in [0.2, 0.25) is 5.91 Å². The maximum absolute atomic E-state index is 13.3. The van der Waals surface area contributed by atoms with Crippen LogP contribution in [0.1, 0.15) is 73.7 Å². The second-order valence-corrected chi connectivity index (χ2v) is 10.8. The van der Waals surface area contributed by atoms with Gasteiger partial charge in [-0.25, -0.2) is 0 Å². The van der Waals surface area contributed by atoms with Crippen molar-refractivity contribution < 1.29 is 4.79 Å². The van der Waals surface area contributed by atoms with Gasteiger partial charge in [0, 0.05) is 34.6 Å². The van der Waals surface area contributed by atoms with Gasteiger partial charge in [-0.2, -0.15) is 0 Å². The number of hydrogen-bond acceptors (Lipinski definition) is 2. The van der Waals surface area contributed by atoms with Gasteiger partial charge in [0.25, 0.3) is 0 Å². The lowest BCUT2D eigenvalue weighted by molar-refractivity contribution is -0.132. The summed E-state index contributed by atoms with van der Waals surface area (Å²) in [5.74, 6) is 1.56. The van der Waals surface area contributed by atoms with Crippen molar-refractivity contribution in [3.63, 3.8) is 0 Å². The summed E-state index contributed by atoms with van der Waals surface area (Å²) in [6.07, 6.45) is 10.3. The van der Waals surface area contributed by atoms with E-state index in [-0.39, 0.29) is 11.9 Å². The Bertz CT molecular complexity index is 1130. The Morgan fingerprint density at radius 3 is 2.62 bits per heavy atom. The van der Waals surface area contributed by atoms with Crippen molar-refractivity contribution in [2.45, 2.75) is 74.8 Å². The lowest BCUT2D eigenvalue weighted by Gasteiger charge is -2.40. The second-order valence-electron chi connectivity index (χ2n) is 9.72. The third-order valence-electron chi connectivity index (χ3n) is 7.90. The molecule has 3 aliphatic rings. The van der Waals surface area contributed by atoms with E-state index in [0.29, 0.717) is 5.75 Å². The van der Waals surface area contributed by atoms with Crippen LogP contribution in [-0.4, -0.2) is 27.7 Å². The number of amides is 1. The molecule has 2 aromatic carbocycles. The molecule has 4 heteroatoms. The van der Waals surface area contributed by atoms with Crippen LogP contribution in [0.2, 0.25) is 0 Å². The Morgan fingerprint density at radius 2 is 1.78 bits per heavy atom. The average molecular weight is 445 g/mol. The van der Waals surface area contributed by atoms with Crippen molar-refractivity contribution in [3.05, 3.63) is 65.4 Å². The van der Waals surface area contributed by atoms with Gasteiger partial charge >= 0.3 is 0 Å².